The van der Waals surface area contributed by atoms with Gasteiger partial charge in [-0.3, -0.25) is 24.0 Å². The number of amides is 7. The fourth-order valence-electron chi connectivity index (χ4n) is 7.13. The summed E-state index contributed by atoms with van der Waals surface area (Å²) >= 11 is 0. The van der Waals surface area contributed by atoms with E-state index in [0.717, 1.165) is 22.0 Å². The molecule has 5 N–H and O–H groups in total. The van der Waals surface area contributed by atoms with Crippen LogP contribution in [0.5, 0.6) is 5.75 Å². The maximum atomic E-state index is 14.6. The smallest absolute Gasteiger partial charge is 0.319 e. The first-order valence-electron chi connectivity index (χ1n) is 19.5. The van der Waals surface area contributed by atoms with Gasteiger partial charge in [-0.25, -0.2) is 4.79 Å². The number of methoxy groups -OCH3 is 1. The lowest BCUT2D eigenvalue weighted by Crippen LogP contribution is -2.58. The molecule has 16 nitrogen and oxygen atoms in total. The molecule has 2 aromatic carbocycles. The predicted molar refractivity (Wildman–Crippen MR) is 213 cm³/mol. The summed E-state index contributed by atoms with van der Waals surface area (Å²) < 4.78 is 11.2. The van der Waals surface area contributed by atoms with Crippen molar-refractivity contribution in [2.75, 3.05) is 67.1 Å². The summed E-state index contributed by atoms with van der Waals surface area (Å²) in [5.74, 6) is -2.53. The van der Waals surface area contributed by atoms with Gasteiger partial charge in [0, 0.05) is 76.7 Å². The van der Waals surface area contributed by atoms with Gasteiger partial charge in [-0.05, 0) is 48.1 Å². The minimum atomic E-state index is -1.16. The Balaban J connectivity index is 1.47. The van der Waals surface area contributed by atoms with E-state index in [4.69, 9.17) is 9.47 Å². The first-order chi connectivity index (χ1) is 27.3. The second kappa shape index (κ2) is 20.0. The number of aromatic nitrogens is 1. The van der Waals surface area contributed by atoms with Gasteiger partial charge in [0.05, 0.1) is 19.7 Å². The number of urea groups is 1. The molecule has 4 heterocycles. The maximum Gasteiger partial charge on any atom is 0.319 e. The molecule has 308 valence electrons. The minimum Gasteiger partial charge on any atom is -0.492 e. The van der Waals surface area contributed by atoms with Crippen LogP contribution >= 0.6 is 0 Å². The Labute approximate surface area is 333 Å². The van der Waals surface area contributed by atoms with Crippen LogP contribution in [0.25, 0.3) is 10.9 Å². The zero-order valence-corrected chi connectivity index (χ0v) is 33.5. The predicted octanol–water partition coefficient (Wildman–Crippen LogP) is 1.44. The van der Waals surface area contributed by atoms with Crippen LogP contribution in [0, 0.1) is 11.8 Å². The van der Waals surface area contributed by atoms with Crippen LogP contribution in [0.2, 0.25) is 0 Å². The monoisotopic (exact) mass is 788 g/mol. The van der Waals surface area contributed by atoms with Gasteiger partial charge in [0.25, 0.3) is 0 Å². The summed E-state index contributed by atoms with van der Waals surface area (Å²) in [6.45, 7) is 4.52. The fourth-order valence-corrected chi connectivity index (χ4v) is 7.13. The molecule has 3 atom stereocenters. The van der Waals surface area contributed by atoms with E-state index in [2.05, 4.69) is 26.3 Å². The molecule has 3 aliphatic rings. The first-order valence-corrected chi connectivity index (χ1v) is 19.5. The quantitative estimate of drug-likeness (QED) is 0.212. The summed E-state index contributed by atoms with van der Waals surface area (Å²) in [4.78, 5) is 90.0. The van der Waals surface area contributed by atoms with Crippen LogP contribution in [-0.4, -0.2) is 141 Å². The molecule has 3 aliphatic heterocycles. The molecule has 1 aromatic heterocycles. The van der Waals surface area contributed by atoms with Crippen molar-refractivity contribution < 1.29 is 38.2 Å². The molecule has 0 saturated carbocycles. The van der Waals surface area contributed by atoms with Crippen LogP contribution < -0.4 is 26.0 Å². The molecule has 7 amide bonds. The van der Waals surface area contributed by atoms with E-state index < -0.39 is 48.3 Å². The minimum absolute atomic E-state index is 0.0282. The van der Waals surface area contributed by atoms with Crippen molar-refractivity contribution in [3.63, 3.8) is 0 Å². The Bertz CT molecular complexity index is 1870. The molecular formula is C41H56N8O8. The third-order valence-electron chi connectivity index (χ3n) is 10.4. The summed E-state index contributed by atoms with van der Waals surface area (Å²) in [5, 5.41) is 12.4. The number of piperidine rings is 1. The number of hydrogen-bond acceptors (Lipinski definition) is 8. The molecule has 0 aliphatic carbocycles. The van der Waals surface area contributed by atoms with Crippen LogP contribution in [0.1, 0.15) is 37.8 Å². The lowest BCUT2D eigenvalue weighted by molar-refractivity contribution is -0.141. The van der Waals surface area contributed by atoms with Crippen molar-refractivity contribution in [2.24, 2.45) is 11.8 Å². The fraction of sp³-hybridized carbons (Fsp3) is 0.512. The highest BCUT2D eigenvalue weighted by atomic mass is 16.5. The number of carbonyl (C=O) groups excluding carboxylic acids is 6. The number of H-pyrrole nitrogens is 1. The number of nitrogens with zero attached hydrogens (tertiary/aromatic N) is 3. The van der Waals surface area contributed by atoms with Crippen molar-refractivity contribution in [3.8, 4) is 5.75 Å². The Morgan fingerprint density at radius 3 is 2.39 bits per heavy atom. The molecule has 0 radical (unpaired) electrons. The average Bonchev–Trinajstić information content (AvgIpc) is 3.61. The third kappa shape index (κ3) is 11.5. The van der Waals surface area contributed by atoms with Crippen LogP contribution in [0.15, 0.2) is 54.7 Å². The molecule has 1 saturated heterocycles. The van der Waals surface area contributed by atoms with Gasteiger partial charge < -0.3 is 50.4 Å². The van der Waals surface area contributed by atoms with E-state index in [1.165, 1.54) is 16.9 Å². The highest BCUT2D eigenvalue weighted by molar-refractivity contribution is 5.95. The number of rotatable bonds is 8. The van der Waals surface area contributed by atoms with Crippen LogP contribution in [0.3, 0.4) is 0 Å². The SMILES string of the molecule is COCCN1CC(=O)N[C@@H](C(C)C)C(=O)NCCOc2ccc(cc2)C[C@H](NC(=O)C2CCN(C(=O)N(C)C)CC2)C(=O)N[C@@H](Cc2c[nH]c3ccccc23)C1=O. The molecule has 57 heavy (non-hydrogen) atoms. The van der Waals surface area contributed by atoms with Gasteiger partial charge in [0.15, 0.2) is 0 Å². The summed E-state index contributed by atoms with van der Waals surface area (Å²) in [7, 11) is 4.85. The van der Waals surface area contributed by atoms with Crippen molar-refractivity contribution in [3.05, 3.63) is 65.9 Å². The van der Waals surface area contributed by atoms with E-state index in [1.54, 1.807) is 49.5 Å². The average molecular weight is 789 g/mol. The molecule has 2 bridgehead atoms. The van der Waals surface area contributed by atoms with Crippen molar-refractivity contribution in [2.45, 2.75) is 57.7 Å². The number of hydrogen-bond donors (Lipinski definition) is 5. The lowest BCUT2D eigenvalue weighted by Gasteiger charge is -2.34. The molecule has 3 aromatic rings. The Morgan fingerprint density at radius 2 is 1.70 bits per heavy atom. The Morgan fingerprint density at radius 1 is 0.982 bits per heavy atom. The molecule has 0 unspecified atom stereocenters. The van der Waals surface area contributed by atoms with Gasteiger partial charge in [0.2, 0.25) is 29.5 Å². The molecule has 16 heteroatoms. The zero-order chi connectivity index (χ0) is 41.1. The number of likely N-dealkylation sites (tertiary alicyclic amines) is 1. The number of carbonyl (C=O) groups is 6. The summed E-state index contributed by atoms with van der Waals surface area (Å²) in [6, 6.07) is 11.5. The second-order valence-electron chi connectivity index (χ2n) is 15.2. The standard InChI is InChI=1S/C41H56N8O8/c1-26(2)36-39(53)42-16-20-57-30-12-10-27(11-13-30)22-33(44-37(51)28-14-17-48(18-15-28)41(55)47(3)4)38(52)45-34(23-29-24-43-32-9-7-6-8-31(29)32)40(54)49(19-21-56-5)25-35(50)46-36/h6-13,24,26,28,33-34,36,43H,14-23,25H2,1-5H3,(H,42,53)(H,44,51)(H,45,52)(H,46,50)/t33-,34-,36-/m0/s1. The lowest BCUT2D eigenvalue weighted by atomic mass is 9.95. The second-order valence-corrected chi connectivity index (χ2v) is 15.2. The Hall–Kier alpha value is -5.64. The maximum absolute atomic E-state index is 14.6. The van der Waals surface area contributed by atoms with Crippen LogP contribution in [-0.2, 0) is 41.6 Å². The zero-order valence-electron chi connectivity index (χ0n) is 33.5. The van der Waals surface area contributed by atoms with E-state index >= 15 is 0 Å². The van der Waals surface area contributed by atoms with E-state index in [1.807, 2.05) is 38.1 Å². The van der Waals surface area contributed by atoms with Crippen molar-refractivity contribution in [1.29, 1.82) is 0 Å². The number of fused-ring (bicyclic) bond motifs is 18. The van der Waals surface area contributed by atoms with Gasteiger partial charge in [-0.1, -0.05) is 44.2 Å². The Kier molecular flexibility index (Phi) is 14.9. The molecule has 0 spiro atoms. The topological polar surface area (TPSA) is 195 Å². The summed E-state index contributed by atoms with van der Waals surface area (Å²) in [5.41, 5.74) is 2.35. The highest BCUT2D eigenvalue weighted by Gasteiger charge is 2.35. The highest BCUT2D eigenvalue weighted by Crippen LogP contribution is 2.22. The van der Waals surface area contributed by atoms with Crippen molar-refractivity contribution in [1.82, 2.24) is 41.0 Å². The van der Waals surface area contributed by atoms with Gasteiger partial charge in [-0.15, -0.1) is 0 Å². The van der Waals surface area contributed by atoms with Gasteiger partial charge in [0.1, 0.15) is 30.5 Å². The van der Waals surface area contributed by atoms with Gasteiger partial charge in [-0.2, -0.15) is 0 Å². The van der Waals surface area contributed by atoms with Crippen molar-refractivity contribution >= 4 is 46.5 Å². The summed E-state index contributed by atoms with van der Waals surface area (Å²) in [6.07, 6.45) is 2.83. The molecule has 6 rings (SSSR count). The largest absolute Gasteiger partial charge is 0.492 e. The molecule has 1 fully saturated rings. The normalized spacial score (nSPS) is 20.8. The van der Waals surface area contributed by atoms with E-state index in [-0.39, 0.29) is 62.9 Å². The number of benzene rings is 2. The number of para-hydroxylation sites is 1. The van der Waals surface area contributed by atoms with E-state index in [9.17, 15) is 28.8 Å². The third-order valence-corrected chi connectivity index (χ3v) is 10.4. The number of nitrogens with one attached hydrogen (secondary N) is 5. The molecular weight excluding hydrogens is 732 g/mol. The van der Waals surface area contributed by atoms with Crippen LogP contribution in [0.4, 0.5) is 4.79 Å². The van der Waals surface area contributed by atoms with Gasteiger partial charge >= 0.3 is 6.03 Å². The number of ether oxygens (including phenoxy) is 2. The van der Waals surface area contributed by atoms with E-state index in [0.29, 0.717) is 31.7 Å². The number of aromatic amines is 1. The first kappa shape index (κ1) is 42.5.